The number of rotatable bonds is 3. The van der Waals surface area contributed by atoms with Crippen LogP contribution in [0, 0.1) is 6.92 Å². The minimum absolute atomic E-state index is 0.140. The lowest BCUT2D eigenvalue weighted by atomic mass is 10.2. The van der Waals surface area contributed by atoms with Crippen LogP contribution in [0.3, 0.4) is 0 Å². The third kappa shape index (κ3) is 2.01. The number of pyridine rings is 1. The van der Waals surface area contributed by atoms with Gasteiger partial charge in [0.2, 0.25) is 0 Å². The number of nitrogens with zero attached hydrogens (tertiary/aromatic N) is 2. The van der Waals surface area contributed by atoms with Gasteiger partial charge in [0.1, 0.15) is 5.56 Å². The highest BCUT2D eigenvalue weighted by Gasteiger charge is 2.11. The predicted molar refractivity (Wildman–Crippen MR) is 57.9 cm³/mol. The van der Waals surface area contributed by atoms with Crippen molar-refractivity contribution in [1.29, 1.82) is 0 Å². The highest BCUT2D eigenvalue weighted by Crippen LogP contribution is 2.11. The highest BCUT2D eigenvalue weighted by molar-refractivity contribution is 5.50. The number of hydrogen-bond acceptors (Lipinski definition) is 5. The Morgan fingerprint density at radius 2 is 2.38 bits per heavy atom. The molecular weight excluding hydrogens is 208 g/mol. The molecule has 0 atom stereocenters. The molecule has 0 amide bonds. The first-order chi connectivity index (χ1) is 7.70. The molecule has 3 N–H and O–H groups in total. The molecule has 0 saturated heterocycles. The summed E-state index contributed by atoms with van der Waals surface area (Å²) >= 11 is 0. The maximum absolute atomic E-state index is 11.6. The number of aromatic nitrogens is 3. The number of aromatic amines is 1. The van der Waals surface area contributed by atoms with Gasteiger partial charge in [-0.05, 0) is 13.5 Å². The standard InChI is InChI=1S/C10H12N4O2/c1-6-4-8(15)7(5-12-6)10-13-9(2-3-11)14-16-10/h4-5H,2-3,11H2,1H3,(H,12,15). The van der Waals surface area contributed by atoms with Gasteiger partial charge < -0.3 is 15.2 Å². The molecule has 6 heteroatoms. The van der Waals surface area contributed by atoms with Crippen LogP contribution in [0.4, 0.5) is 0 Å². The average molecular weight is 220 g/mol. The summed E-state index contributed by atoms with van der Waals surface area (Å²) in [6.07, 6.45) is 2.10. The molecule has 0 unspecified atom stereocenters. The Hall–Kier alpha value is -1.95. The van der Waals surface area contributed by atoms with Gasteiger partial charge in [0.05, 0.1) is 0 Å². The van der Waals surface area contributed by atoms with E-state index in [1.807, 2.05) is 0 Å². The van der Waals surface area contributed by atoms with Crippen LogP contribution in [0.5, 0.6) is 0 Å². The van der Waals surface area contributed by atoms with Crippen LogP contribution in [0.1, 0.15) is 11.5 Å². The molecular formula is C10H12N4O2. The summed E-state index contributed by atoms with van der Waals surface area (Å²) in [6, 6.07) is 1.49. The van der Waals surface area contributed by atoms with Gasteiger partial charge in [-0.15, -0.1) is 0 Å². The molecule has 2 rings (SSSR count). The molecule has 0 aromatic carbocycles. The van der Waals surface area contributed by atoms with E-state index in [-0.39, 0.29) is 11.3 Å². The molecule has 84 valence electrons. The van der Waals surface area contributed by atoms with Crippen molar-refractivity contribution in [3.63, 3.8) is 0 Å². The maximum Gasteiger partial charge on any atom is 0.263 e. The van der Waals surface area contributed by atoms with E-state index in [4.69, 9.17) is 10.3 Å². The number of H-pyrrole nitrogens is 1. The minimum Gasteiger partial charge on any atom is -0.364 e. The van der Waals surface area contributed by atoms with Crippen molar-refractivity contribution in [2.24, 2.45) is 5.73 Å². The molecule has 0 aliphatic heterocycles. The Balaban J connectivity index is 2.39. The third-order valence-corrected chi connectivity index (χ3v) is 2.12. The summed E-state index contributed by atoms with van der Waals surface area (Å²) in [4.78, 5) is 18.6. The fourth-order valence-electron chi connectivity index (χ4n) is 1.33. The smallest absolute Gasteiger partial charge is 0.263 e. The fourth-order valence-corrected chi connectivity index (χ4v) is 1.33. The molecule has 2 aromatic heterocycles. The van der Waals surface area contributed by atoms with E-state index >= 15 is 0 Å². The van der Waals surface area contributed by atoms with Crippen LogP contribution in [-0.4, -0.2) is 21.7 Å². The number of nitrogens with one attached hydrogen (secondary N) is 1. The molecule has 2 aromatic rings. The van der Waals surface area contributed by atoms with E-state index in [1.54, 1.807) is 13.1 Å². The minimum atomic E-state index is -0.140. The Morgan fingerprint density at radius 3 is 3.06 bits per heavy atom. The third-order valence-electron chi connectivity index (χ3n) is 2.12. The zero-order chi connectivity index (χ0) is 11.5. The van der Waals surface area contributed by atoms with Crippen molar-refractivity contribution in [2.75, 3.05) is 6.54 Å². The molecule has 2 heterocycles. The predicted octanol–water partition coefficient (Wildman–Crippen LogP) is 0.235. The lowest BCUT2D eigenvalue weighted by Gasteiger charge is -1.94. The van der Waals surface area contributed by atoms with Crippen LogP contribution in [0.15, 0.2) is 21.6 Å². The zero-order valence-electron chi connectivity index (χ0n) is 8.86. The second-order valence-electron chi connectivity index (χ2n) is 3.45. The van der Waals surface area contributed by atoms with Crippen LogP contribution in [-0.2, 0) is 6.42 Å². The molecule has 0 spiro atoms. The number of nitrogens with two attached hydrogens (primary N) is 1. The van der Waals surface area contributed by atoms with Crippen LogP contribution < -0.4 is 11.2 Å². The summed E-state index contributed by atoms with van der Waals surface area (Å²) in [5.41, 5.74) is 6.39. The molecule has 0 radical (unpaired) electrons. The SMILES string of the molecule is Cc1cc(=O)c(-c2nc(CCN)no2)c[nH]1. The molecule has 0 aliphatic carbocycles. The van der Waals surface area contributed by atoms with E-state index in [2.05, 4.69) is 15.1 Å². The summed E-state index contributed by atoms with van der Waals surface area (Å²) < 4.78 is 4.99. The second kappa shape index (κ2) is 4.28. The average Bonchev–Trinajstić information content (AvgIpc) is 2.67. The van der Waals surface area contributed by atoms with Gasteiger partial charge in [-0.25, -0.2) is 0 Å². The van der Waals surface area contributed by atoms with Crippen molar-refractivity contribution in [3.05, 3.63) is 34.0 Å². The van der Waals surface area contributed by atoms with Gasteiger partial charge in [-0.1, -0.05) is 5.16 Å². The first kappa shape index (κ1) is 10.6. The first-order valence-electron chi connectivity index (χ1n) is 4.93. The highest BCUT2D eigenvalue weighted by atomic mass is 16.5. The quantitative estimate of drug-likeness (QED) is 0.771. The summed E-state index contributed by atoms with van der Waals surface area (Å²) in [5.74, 6) is 0.738. The van der Waals surface area contributed by atoms with E-state index in [1.165, 1.54) is 6.07 Å². The van der Waals surface area contributed by atoms with Gasteiger partial charge in [-0.3, -0.25) is 4.79 Å². The van der Waals surface area contributed by atoms with Crippen molar-refractivity contribution in [2.45, 2.75) is 13.3 Å². The monoisotopic (exact) mass is 220 g/mol. The maximum atomic E-state index is 11.6. The van der Waals surface area contributed by atoms with E-state index < -0.39 is 0 Å². The lowest BCUT2D eigenvalue weighted by Crippen LogP contribution is -2.06. The topological polar surface area (TPSA) is 97.8 Å². The first-order valence-corrected chi connectivity index (χ1v) is 4.93. The van der Waals surface area contributed by atoms with Gasteiger partial charge in [-0.2, -0.15) is 4.98 Å². The Kier molecular flexibility index (Phi) is 2.82. The summed E-state index contributed by atoms with van der Waals surface area (Å²) in [6.45, 7) is 2.25. The van der Waals surface area contributed by atoms with Crippen molar-refractivity contribution in [1.82, 2.24) is 15.1 Å². The zero-order valence-corrected chi connectivity index (χ0v) is 8.86. The molecule has 0 bridgehead atoms. The summed E-state index contributed by atoms with van der Waals surface area (Å²) in [7, 11) is 0. The van der Waals surface area contributed by atoms with Crippen LogP contribution in [0.2, 0.25) is 0 Å². The van der Waals surface area contributed by atoms with E-state index in [9.17, 15) is 4.79 Å². The largest absolute Gasteiger partial charge is 0.364 e. The normalized spacial score (nSPS) is 10.6. The summed E-state index contributed by atoms with van der Waals surface area (Å²) in [5, 5.41) is 3.73. The number of aryl methyl sites for hydroxylation is 1. The van der Waals surface area contributed by atoms with Gasteiger partial charge in [0.15, 0.2) is 11.3 Å². The van der Waals surface area contributed by atoms with Crippen LogP contribution >= 0.6 is 0 Å². The van der Waals surface area contributed by atoms with Crippen LogP contribution in [0.25, 0.3) is 11.5 Å². The molecule has 0 saturated carbocycles. The Bertz CT molecular complexity index is 544. The molecule has 0 fully saturated rings. The fraction of sp³-hybridized carbons (Fsp3) is 0.300. The lowest BCUT2D eigenvalue weighted by molar-refractivity contribution is 0.422. The molecule has 0 aliphatic rings. The van der Waals surface area contributed by atoms with Gasteiger partial charge >= 0.3 is 0 Å². The van der Waals surface area contributed by atoms with Crippen molar-refractivity contribution >= 4 is 0 Å². The van der Waals surface area contributed by atoms with Crippen molar-refractivity contribution < 1.29 is 4.52 Å². The second-order valence-corrected chi connectivity index (χ2v) is 3.45. The number of hydrogen-bond donors (Lipinski definition) is 2. The Labute approximate surface area is 91.5 Å². The molecule has 16 heavy (non-hydrogen) atoms. The van der Waals surface area contributed by atoms with E-state index in [0.29, 0.717) is 24.4 Å². The van der Waals surface area contributed by atoms with E-state index in [0.717, 1.165) is 5.69 Å². The molecule has 6 nitrogen and oxygen atoms in total. The van der Waals surface area contributed by atoms with Gasteiger partial charge in [0.25, 0.3) is 5.89 Å². The van der Waals surface area contributed by atoms with Gasteiger partial charge in [0, 0.05) is 24.4 Å². The van der Waals surface area contributed by atoms with Crippen molar-refractivity contribution in [3.8, 4) is 11.5 Å². The Morgan fingerprint density at radius 1 is 1.56 bits per heavy atom.